The van der Waals surface area contributed by atoms with Crippen molar-refractivity contribution in [3.05, 3.63) is 56.9 Å². The molecule has 0 atom stereocenters. The fourth-order valence-electron chi connectivity index (χ4n) is 2.43. The van der Waals surface area contributed by atoms with Crippen LogP contribution in [0.2, 0.25) is 5.15 Å². The monoisotopic (exact) mass is 578 g/mol. The zero-order valence-corrected chi connectivity index (χ0v) is 20.1. The predicted molar refractivity (Wildman–Crippen MR) is 121 cm³/mol. The number of hydrogen-bond acceptors (Lipinski definition) is 6. The van der Waals surface area contributed by atoms with E-state index >= 15 is 0 Å². The number of thiazole rings is 1. The van der Waals surface area contributed by atoms with Crippen molar-refractivity contribution in [2.24, 2.45) is 5.73 Å². The first-order valence-electron chi connectivity index (χ1n) is 7.98. The van der Waals surface area contributed by atoms with E-state index in [1.54, 1.807) is 24.3 Å². The highest BCUT2D eigenvalue weighted by atomic mass is 79.9. The number of amides is 1. The van der Waals surface area contributed by atoms with Gasteiger partial charge in [-0.15, -0.1) is 11.3 Å². The third kappa shape index (κ3) is 5.15. The summed E-state index contributed by atoms with van der Waals surface area (Å²) >= 11 is 14.2. The van der Waals surface area contributed by atoms with E-state index < -0.39 is 15.9 Å². The first kappa shape index (κ1) is 22.2. The van der Waals surface area contributed by atoms with Crippen LogP contribution in [0.25, 0.3) is 10.4 Å². The van der Waals surface area contributed by atoms with Crippen LogP contribution >= 0.6 is 54.8 Å². The van der Waals surface area contributed by atoms with E-state index in [-0.39, 0.29) is 22.2 Å². The number of carbonyl (C=O) groups excluding carboxylic acids is 1. The molecule has 12 heteroatoms. The molecule has 29 heavy (non-hydrogen) atoms. The second-order valence-corrected chi connectivity index (χ2v) is 10.2. The molecule has 0 fully saturated rings. The first-order chi connectivity index (χ1) is 13.7. The Morgan fingerprint density at radius 3 is 2.55 bits per heavy atom. The van der Waals surface area contributed by atoms with Crippen molar-refractivity contribution in [3.8, 4) is 10.4 Å². The quantitative estimate of drug-likeness (QED) is 0.319. The van der Waals surface area contributed by atoms with E-state index in [1.807, 2.05) is 0 Å². The Balaban J connectivity index is 2.05. The van der Waals surface area contributed by atoms with Crippen molar-refractivity contribution in [1.82, 2.24) is 9.97 Å². The summed E-state index contributed by atoms with van der Waals surface area (Å²) in [5, 5.41) is 0.968. The van der Waals surface area contributed by atoms with E-state index in [4.69, 9.17) is 17.3 Å². The van der Waals surface area contributed by atoms with Gasteiger partial charge in [-0.1, -0.05) is 45.7 Å². The lowest BCUT2D eigenvalue weighted by Crippen LogP contribution is -2.13. The van der Waals surface area contributed by atoms with Crippen molar-refractivity contribution in [3.63, 3.8) is 0 Å². The second-order valence-electron chi connectivity index (χ2n) is 5.74. The summed E-state index contributed by atoms with van der Waals surface area (Å²) in [5.74, 6) is -0.490. The summed E-state index contributed by atoms with van der Waals surface area (Å²) in [6.45, 7) is 0. The maximum Gasteiger partial charge on any atom is 0.261 e. The fourth-order valence-corrected chi connectivity index (χ4v) is 6.17. The van der Waals surface area contributed by atoms with Crippen LogP contribution in [-0.4, -0.2) is 24.3 Å². The third-order valence-electron chi connectivity index (χ3n) is 3.67. The Hall–Kier alpha value is -1.53. The molecule has 7 nitrogen and oxygen atoms in total. The van der Waals surface area contributed by atoms with Crippen molar-refractivity contribution in [2.45, 2.75) is 16.6 Å². The Morgan fingerprint density at radius 2 is 1.93 bits per heavy atom. The molecule has 0 aliphatic carbocycles. The standard InChI is InChI=1S/C17H13Br2ClN4O3S2/c18-8-12-15(28-14(22-12)7-13(21)25)10-6-11(17(20)23-16(10)19)24-29(26,27)9-4-2-1-3-5-9/h1-6,24H,7-8H2,(H2,21,25). The van der Waals surface area contributed by atoms with E-state index in [0.717, 1.165) is 0 Å². The molecule has 3 N–H and O–H groups in total. The smallest absolute Gasteiger partial charge is 0.261 e. The van der Waals surface area contributed by atoms with Gasteiger partial charge in [0.25, 0.3) is 10.0 Å². The fraction of sp³-hybridized carbons (Fsp3) is 0.118. The molecule has 1 aromatic carbocycles. The maximum absolute atomic E-state index is 12.7. The highest BCUT2D eigenvalue weighted by molar-refractivity contribution is 9.10. The molecule has 0 unspecified atom stereocenters. The molecule has 0 radical (unpaired) electrons. The molecule has 0 aliphatic rings. The molecule has 152 valence electrons. The number of rotatable bonds is 7. The van der Waals surface area contributed by atoms with Crippen LogP contribution in [0.3, 0.4) is 0 Å². The molecule has 0 bridgehead atoms. The SMILES string of the molecule is NC(=O)Cc1nc(CBr)c(-c2cc(NS(=O)(=O)c3ccccc3)c(Cl)nc2Br)s1. The van der Waals surface area contributed by atoms with Gasteiger partial charge in [-0.05, 0) is 34.1 Å². The average molecular weight is 581 g/mol. The molecule has 2 aromatic heterocycles. The number of primary amides is 1. The minimum absolute atomic E-state index is 0.0107. The lowest BCUT2D eigenvalue weighted by atomic mass is 10.2. The van der Waals surface area contributed by atoms with Crippen molar-refractivity contribution in [2.75, 3.05) is 4.72 Å². The molecule has 1 amide bonds. The Bertz CT molecular complexity index is 1170. The van der Waals surface area contributed by atoms with Gasteiger partial charge in [0.2, 0.25) is 5.91 Å². The Morgan fingerprint density at radius 1 is 1.24 bits per heavy atom. The third-order valence-corrected chi connectivity index (χ3v) is 7.60. The highest BCUT2D eigenvalue weighted by Gasteiger charge is 2.21. The average Bonchev–Trinajstić information content (AvgIpc) is 3.06. The van der Waals surface area contributed by atoms with Crippen LogP contribution in [0.5, 0.6) is 0 Å². The van der Waals surface area contributed by atoms with Gasteiger partial charge in [0.05, 0.1) is 27.6 Å². The zero-order chi connectivity index (χ0) is 21.2. The Labute approximate surface area is 193 Å². The van der Waals surface area contributed by atoms with Gasteiger partial charge in [0, 0.05) is 10.9 Å². The molecular formula is C17H13Br2ClN4O3S2. The van der Waals surface area contributed by atoms with Gasteiger partial charge in [-0.25, -0.2) is 18.4 Å². The number of carbonyl (C=O) groups is 1. The molecule has 0 aliphatic heterocycles. The van der Waals surface area contributed by atoms with Gasteiger partial charge >= 0.3 is 0 Å². The number of aromatic nitrogens is 2. The van der Waals surface area contributed by atoms with Crippen LogP contribution < -0.4 is 10.5 Å². The maximum atomic E-state index is 12.7. The summed E-state index contributed by atoms with van der Waals surface area (Å²) < 4.78 is 28.2. The summed E-state index contributed by atoms with van der Waals surface area (Å²) in [6.07, 6.45) is 0.0107. The second kappa shape index (κ2) is 9.09. The van der Waals surface area contributed by atoms with Crippen LogP contribution in [0, 0.1) is 0 Å². The van der Waals surface area contributed by atoms with Crippen LogP contribution in [0.4, 0.5) is 5.69 Å². The number of pyridine rings is 1. The molecule has 0 saturated carbocycles. The zero-order valence-electron chi connectivity index (χ0n) is 14.5. The lowest BCUT2D eigenvalue weighted by Gasteiger charge is -2.12. The molecule has 3 rings (SSSR count). The number of anilines is 1. The van der Waals surface area contributed by atoms with E-state index in [2.05, 4.69) is 46.5 Å². The van der Waals surface area contributed by atoms with Gasteiger partial charge in [-0.2, -0.15) is 0 Å². The number of nitrogens with one attached hydrogen (secondary N) is 1. The summed E-state index contributed by atoms with van der Waals surface area (Å²) in [6, 6.07) is 9.51. The van der Waals surface area contributed by atoms with Crippen LogP contribution in [-0.2, 0) is 26.6 Å². The topological polar surface area (TPSA) is 115 Å². The predicted octanol–water partition coefficient (Wildman–Crippen LogP) is 4.34. The van der Waals surface area contributed by atoms with Crippen molar-refractivity contribution >= 4 is 76.4 Å². The van der Waals surface area contributed by atoms with E-state index in [9.17, 15) is 13.2 Å². The normalized spacial score (nSPS) is 11.4. The summed E-state index contributed by atoms with van der Waals surface area (Å²) in [4.78, 5) is 20.7. The van der Waals surface area contributed by atoms with Crippen molar-refractivity contribution < 1.29 is 13.2 Å². The number of hydrogen-bond donors (Lipinski definition) is 2. The molecule has 2 heterocycles. The van der Waals surface area contributed by atoms with Gasteiger partial charge < -0.3 is 5.73 Å². The first-order valence-corrected chi connectivity index (χ1v) is 12.6. The molecule has 0 saturated heterocycles. The molecule has 3 aromatic rings. The number of nitrogens with zero attached hydrogens (tertiary/aromatic N) is 2. The number of alkyl halides is 1. The number of benzene rings is 1. The minimum atomic E-state index is -3.85. The highest BCUT2D eigenvalue weighted by Crippen LogP contribution is 2.39. The van der Waals surface area contributed by atoms with Gasteiger partial charge in [0.15, 0.2) is 5.15 Å². The summed E-state index contributed by atoms with van der Waals surface area (Å²) in [5.41, 5.74) is 6.65. The molecule has 0 spiro atoms. The largest absolute Gasteiger partial charge is 0.369 e. The lowest BCUT2D eigenvalue weighted by molar-refractivity contribution is -0.117. The Kier molecular flexibility index (Phi) is 6.94. The number of halogens is 3. The van der Waals surface area contributed by atoms with Crippen LogP contribution in [0.1, 0.15) is 10.7 Å². The van der Waals surface area contributed by atoms with E-state index in [0.29, 0.717) is 31.1 Å². The minimum Gasteiger partial charge on any atom is -0.369 e. The van der Waals surface area contributed by atoms with Gasteiger partial charge in [-0.3, -0.25) is 9.52 Å². The van der Waals surface area contributed by atoms with Crippen molar-refractivity contribution in [1.29, 1.82) is 0 Å². The molecular weight excluding hydrogens is 568 g/mol. The number of sulfonamides is 1. The van der Waals surface area contributed by atoms with E-state index in [1.165, 1.54) is 23.5 Å². The van der Waals surface area contributed by atoms with Gasteiger partial charge in [0.1, 0.15) is 9.61 Å². The van der Waals surface area contributed by atoms with Crippen LogP contribution in [0.15, 0.2) is 45.9 Å². The summed E-state index contributed by atoms with van der Waals surface area (Å²) in [7, 11) is -3.85. The number of nitrogens with two attached hydrogens (primary N) is 1.